The van der Waals surface area contributed by atoms with Crippen molar-refractivity contribution in [2.45, 2.75) is 25.3 Å². The molecule has 1 saturated carbocycles. The van der Waals surface area contributed by atoms with Crippen molar-refractivity contribution in [3.05, 3.63) is 35.9 Å². The lowest BCUT2D eigenvalue weighted by Crippen LogP contribution is -2.05. The first kappa shape index (κ1) is 11.8. The summed E-state index contributed by atoms with van der Waals surface area (Å²) in [5.41, 5.74) is 7.43. The maximum atomic E-state index is 13.3. The van der Waals surface area contributed by atoms with Gasteiger partial charge < -0.3 is 10.3 Å². The van der Waals surface area contributed by atoms with Gasteiger partial charge in [0, 0.05) is 11.5 Å². The van der Waals surface area contributed by atoms with Crippen LogP contribution in [0.2, 0.25) is 0 Å². The number of hydrogen-bond acceptors (Lipinski definition) is 2. The second-order valence-electron chi connectivity index (χ2n) is 4.78. The van der Waals surface area contributed by atoms with Crippen LogP contribution in [0.1, 0.15) is 24.6 Å². The molecule has 1 aromatic carbocycles. The van der Waals surface area contributed by atoms with E-state index in [1.54, 1.807) is 12.1 Å². The maximum Gasteiger partial charge on any atom is 0.132 e. The molecule has 3 nitrogen and oxygen atoms in total. The maximum absolute atomic E-state index is 13.3. The van der Waals surface area contributed by atoms with Crippen LogP contribution in [0.25, 0.3) is 11.3 Å². The molecule has 2 N–H and O–H groups in total. The summed E-state index contributed by atoms with van der Waals surface area (Å²) in [4.78, 5) is 4.58. The van der Waals surface area contributed by atoms with Crippen molar-refractivity contribution in [3.63, 3.8) is 0 Å². The highest BCUT2D eigenvalue weighted by Crippen LogP contribution is 2.42. The van der Waals surface area contributed by atoms with E-state index in [4.69, 9.17) is 12.2 Å². The quantitative estimate of drug-likeness (QED) is 0.857. The van der Waals surface area contributed by atoms with Gasteiger partial charge in [-0.3, -0.25) is 0 Å². The summed E-state index contributed by atoms with van der Waals surface area (Å²) >= 11 is 0. The highest BCUT2D eigenvalue weighted by molar-refractivity contribution is 5.71. The van der Waals surface area contributed by atoms with Crippen molar-refractivity contribution in [1.29, 1.82) is 0 Å². The van der Waals surface area contributed by atoms with Gasteiger partial charge in [0.15, 0.2) is 0 Å². The average molecular weight is 255 g/mol. The summed E-state index contributed by atoms with van der Waals surface area (Å²) in [6, 6.07) is 6.30. The first-order valence-electron chi connectivity index (χ1n) is 6.26. The minimum atomic E-state index is -0.295. The number of imidazole rings is 1. The molecular formula is C15H14FN3. The molecule has 1 heterocycles. The van der Waals surface area contributed by atoms with Crippen LogP contribution in [0.4, 0.5) is 10.2 Å². The molecular weight excluding hydrogens is 241 g/mol. The molecule has 1 fully saturated rings. The van der Waals surface area contributed by atoms with E-state index in [2.05, 4.69) is 10.9 Å². The fraction of sp³-hybridized carbons (Fsp3) is 0.267. The molecule has 2 aromatic rings. The molecule has 1 aliphatic carbocycles. The van der Waals surface area contributed by atoms with Crippen LogP contribution >= 0.6 is 0 Å². The molecule has 0 bridgehead atoms. The standard InChI is InChI=1S/C15H14FN3/c1-2-8-19-14(17)13(18-15(19)10-6-7-10)11-4-3-5-12(16)9-11/h1,3-5,9-10H,6-8,17H2. The molecule has 0 aliphatic heterocycles. The predicted octanol–water partition coefficient (Wildman–Crippen LogP) is 2.78. The Labute approximate surface area is 111 Å². The molecule has 0 amide bonds. The van der Waals surface area contributed by atoms with E-state index >= 15 is 0 Å². The number of terminal acetylenes is 1. The van der Waals surface area contributed by atoms with E-state index in [1.807, 2.05) is 4.57 Å². The number of nitrogens with two attached hydrogens (primary N) is 1. The van der Waals surface area contributed by atoms with Gasteiger partial charge in [-0.25, -0.2) is 9.37 Å². The Balaban J connectivity index is 2.12. The van der Waals surface area contributed by atoms with Crippen LogP contribution in [0.3, 0.4) is 0 Å². The third kappa shape index (κ3) is 2.08. The monoisotopic (exact) mass is 255 g/mol. The Morgan fingerprint density at radius 3 is 2.89 bits per heavy atom. The summed E-state index contributed by atoms with van der Waals surface area (Å²) in [6.45, 7) is 0.403. The van der Waals surface area contributed by atoms with Crippen molar-refractivity contribution in [2.24, 2.45) is 0 Å². The molecule has 0 saturated heterocycles. The fourth-order valence-electron chi connectivity index (χ4n) is 2.24. The van der Waals surface area contributed by atoms with Crippen LogP contribution in [0.15, 0.2) is 24.3 Å². The van der Waals surface area contributed by atoms with Crippen molar-refractivity contribution < 1.29 is 4.39 Å². The number of rotatable bonds is 3. The molecule has 3 rings (SSSR count). The Morgan fingerprint density at radius 1 is 1.47 bits per heavy atom. The van der Waals surface area contributed by atoms with E-state index in [0.29, 0.717) is 29.5 Å². The van der Waals surface area contributed by atoms with Crippen LogP contribution in [0, 0.1) is 18.2 Å². The van der Waals surface area contributed by atoms with Crippen LogP contribution in [-0.4, -0.2) is 9.55 Å². The van der Waals surface area contributed by atoms with Crippen LogP contribution in [-0.2, 0) is 6.54 Å². The van der Waals surface area contributed by atoms with Gasteiger partial charge in [-0.05, 0) is 25.0 Å². The van der Waals surface area contributed by atoms with Gasteiger partial charge in [0.1, 0.15) is 23.2 Å². The molecule has 0 unspecified atom stereocenters. The van der Waals surface area contributed by atoms with Crippen molar-refractivity contribution in [3.8, 4) is 23.6 Å². The number of benzene rings is 1. The van der Waals surface area contributed by atoms with Gasteiger partial charge in [-0.15, -0.1) is 6.42 Å². The summed E-state index contributed by atoms with van der Waals surface area (Å²) in [5, 5.41) is 0. The molecule has 96 valence electrons. The van der Waals surface area contributed by atoms with E-state index in [9.17, 15) is 4.39 Å². The topological polar surface area (TPSA) is 43.8 Å². The zero-order valence-electron chi connectivity index (χ0n) is 10.4. The average Bonchev–Trinajstić information content (AvgIpc) is 3.17. The molecule has 19 heavy (non-hydrogen) atoms. The lowest BCUT2D eigenvalue weighted by Gasteiger charge is -2.04. The summed E-state index contributed by atoms with van der Waals surface area (Å²) in [7, 11) is 0. The van der Waals surface area contributed by atoms with Gasteiger partial charge in [0.25, 0.3) is 0 Å². The minimum absolute atomic E-state index is 0.295. The number of aromatic nitrogens is 2. The smallest absolute Gasteiger partial charge is 0.132 e. The Kier molecular flexibility index (Phi) is 2.75. The normalized spacial score (nSPS) is 14.3. The highest BCUT2D eigenvalue weighted by atomic mass is 19.1. The summed E-state index contributed by atoms with van der Waals surface area (Å²) in [6.07, 6.45) is 7.61. The van der Waals surface area contributed by atoms with E-state index in [-0.39, 0.29) is 5.82 Å². The summed E-state index contributed by atoms with van der Waals surface area (Å²) < 4.78 is 15.2. The van der Waals surface area contributed by atoms with Crippen molar-refractivity contribution >= 4 is 5.82 Å². The molecule has 0 radical (unpaired) electrons. The fourth-order valence-corrected chi connectivity index (χ4v) is 2.24. The first-order valence-corrected chi connectivity index (χ1v) is 6.26. The zero-order chi connectivity index (χ0) is 13.4. The second-order valence-corrected chi connectivity index (χ2v) is 4.78. The minimum Gasteiger partial charge on any atom is -0.383 e. The Hall–Kier alpha value is -2.28. The number of halogens is 1. The predicted molar refractivity (Wildman–Crippen MR) is 72.8 cm³/mol. The SMILES string of the molecule is C#CCn1c(C2CC2)nc(-c2cccc(F)c2)c1N. The van der Waals surface area contributed by atoms with Crippen molar-refractivity contribution in [1.82, 2.24) is 9.55 Å². The second kappa shape index (κ2) is 4.43. The number of anilines is 1. The largest absolute Gasteiger partial charge is 0.383 e. The van der Waals surface area contributed by atoms with Gasteiger partial charge >= 0.3 is 0 Å². The summed E-state index contributed by atoms with van der Waals surface area (Å²) in [5.74, 6) is 4.19. The molecule has 4 heteroatoms. The van der Waals surface area contributed by atoms with E-state index in [1.165, 1.54) is 12.1 Å². The third-order valence-corrected chi connectivity index (χ3v) is 3.33. The van der Waals surface area contributed by atoms with Gasteiger partial charge in [-0.2, -0.15) is 0 Å². The van der Waals surface area contributed by atoms with Gasteiger partial charge in [0.05, 0.1) is 6.54 Å². The van der Waals surface area contributed by atoms with Crippen molar-refractivity contribution in [2.75, 3.05) is 5.73 Å². The Bertz CT molecular complexity index is 663. The molecule has 0 spiro atoms. The van der Waals surface area contributed by atoms with Crippen LogP contribution in [0.5, 0.6) is 0 Å². The molecule has 0 atom stereocenters. The van der Waals surface area contributed by atoms with Gasteiger partial charge in [0.2, 0.25) is 0 Å². The van der Waals surface area contributed by atoms with Gasteiger partial charge in [-0.1, -0.05) is 18.1 Å². The molecule has 1 aromatic heterocycles. The van der Waals surface area contributed by atoms with E-state index < -0.39 is 0 Å². The lowest BCUT2D eigenvalue weighted by atomic mass is 10.1. The van der Waals surface area contributed by atoms with E-state index in [0.717, 1.165) is 18.7 Å². The first-order chi connectivity index (χ1) is 9.20. The highest BCUT2D eigenvalue weighted by Gasteiger charge is 2.30. The number of nitrogens with zero attached hydrogens (tertiary/aromatic N) is 2. The Morgan fingerprint density at radius 2 is 2.26 bits per heavy atom. The van der Waals surface area contributed by atoms with Crippen LogP contribution < -0.4 is 5.73 Å². The number of hydrogen-bond donors (Lipinski definition) is 1. The zero-order valence-corrected chi connectivity index (χ0v) is 10.4. The third-order valence-electron chi connectivity index (χ3n) is 3.33. The lowest BCUT2D eigenvalue weighted by molar-refractivity contribution is 0.628. The number of nitrogen functional groups attached to an aromatic ring is 1. The molecule has 1 aliphatic rings.